The van der Waals surface area contributed by atoms with Gasteiger partial charge in [0.2, 0.25) is 0 Å². The van der Waals surface area contributed by atoms with E-state index in [-0.39, 0.29) is 12.8 Å². The van der Waals surface area contributed by atoms with Gasteiger partial charge in [-0.2, -0.15) is 13.2 Å². The molecule has 3 unspecified atom stereocenters. The van der Waals surface area contributed by atoms with Crippen molar-refractivity contribution >= 4 is 0 Å². The lowest BCUT2D eigenvalue weighted by Gasteiger charge is -2.45. The maximum absolute atomic E-state index is 13.1. The molecule has 5 heteroatoms. The fourth-order valence-electron chi connectivity index (χ4n) is 3.92. The normalized spacial score (nSPS) is 39.5. The fourth-order valence-corrected chi connectivity index (χ4v) is 3.92. The Kier molecular flexibility index (Phi) is 3.33. The smallest absolute Gasteiger partial charge is 0.393 e. The number of aliphatic hydroxyl groups excluding tert-OH is 1. The first-order valence-corrected chi connectivity index (χ1v) is 7.39. The highest BCUT2D eigenvalue weighted by molar-refractivity contribution is 4.99. The monoisotopic (exact) mass is 277 g/mol. The van der Waals surface area contributed by atoms with Gasteiger partial charge in [-0.3, -0.25) is 4.90 Å². The second-order valence-corrected chi connectivity index (χ2v) is 6.72. The topological polar surface area (TPSA) is 23.5 Å². The maximum Gasteiger partial charge on any atom is 0.393 e. The number of nitrogens with zero attached hydrogens (tertiary/aromatic N) is 1. The third kappa shape index (κ3) is 2.77. The number of alkyl halides is 3. The summed E-state index contributed by atoms with van der Waals surface area (Å²) in [5.41, 5.74) is 0.484. The molecule has 3 fully saturated rings. The van der Waals surface area contributed by atoms with Crippen LogP contribution in [0.15, 0.2) is 0 Å². The third-order valence-electron chi connectivity index (χ3n) is 5.49. The van der Waals surface area contributed by atoms with Crippen molar-refractivity contribution in [1.29, 1.82) is 0 Å². The average Bonchev–Trinajstić information content (AvgIpc) is 3.08. The van der Waals surface area contributed by atoms with Crippen LogP contribution in [0.3, 0.4) is 0 Å². The number of piperidine rings is 1. The molecule has 1 N–H and O–H groups in total. The van der Waals surface area contributed by atoms with Gasteiger partial charge in [-0.1, -0.05) is 0 Å². The van der Waals surface area contributed by atoms with E-state index in [1.54, 1.807) is 0 Å². The molecule has 3 rings (SSSR count). The molecule has 0 aromatic rings. The summed E-state index contributed by atoms with van der Waals surface area (Å²) in [4.78, 5) is 2.00. The number of halogens is 3. The van der Waals surface area contributed by atoms with E-state index < -0.39 is 24.2 Å². The van der Waals surface area contributed by atoms with Crippen LogP contribution in [0.1, 0.15) is 44.9 Å². The van der Waals surface area contributed by atoms with Gasteiger partial charge in [-0.25, -0.2) is 0 Å². The van der Waals surface area contributed by atoms with Crippen molar-refractivity contribution in [1.82, 2.24) is 4.90 Å². The summed E-state index contributed by atoms with van der Waals surface area (Å²) >= 11 is 0. The van der Waals surface area contributed by atoms with Crippen LogP contribution >= 0.6 is 0 Å². The van der Waals surface area contributed by atoms with Crippen molar-refractivity contribution < 1.29 is 18.3 Å². The van der Waals surface area contributed by atoms with Gasteiger partial charge in [0, 0.05) is 6.04 Å². The van der Waals surface area contributed by atoms with Gasteiger partial charge in [-0.05, 0) is 63.5 Å². The lowest BCUT2D eigenvalue weighted by atomic mass is 9.80. The highest BCUT2D eigenvalue weighted by Crippen LogP contribution is 2.54. The maximum atomic E-state index is 13.1. The molecule has 0 aromatic carbocycles. The quantitative estimate of drug-likeness (QED) is 0.796. The molecule has 0 radical (unpaired) electrons. The van der Waals surface area contributed by atoms with E-state index in [9.17, 15) is 18.3 Å². The Morgan fingerprint density at radius 3 is 2.16 bits per heavy atom. The summed E-state index contributed by atoms with van der Waals surface area (Å²) in [7, 11) is 0. The van der Waals surface area contributed by atoms with E-state index >= 15 is 0 Å². The van der Waals surface area contributed by atoms with Gasteiger partial charge in [0.05, 0.1) is 12.0 Å². The van der Waals surface area contributed by atoms with Crippen LogP contribution in [0.5, 0.6) is 0 Å². The summed E-state index contributed by atoms with van der Waals surface area (Å²) < 4.78 is 39.4. The Balaban J connectivity index is 1.68. The van der Waals surface area contributed by atoms with Crippen molar-refractivity contribution in [3.05, 3.63) is 0 Å². The molecule has 3 atom stereocenters. The van der Waals surface area contributed by atoms with Crippen molar-refractivity contribution in [2.45, 2.75) is 63.3 Å². The second-order valence-electron chi connectivity index (χ2n) is 6.72. The molecule has 110 valence electrons. The SMILES string of the molecule is OC1CCC(C(F)(F)F)C(N2CCC3(CC2)CC3)C1. The first-order chi connectivity index (χ1) is 8.90. The number of hydrogen-bond acceptors (Lipinski definition) is 2. The second kappa shape index (κ2) is 4.62. The van der Waals surface area contributed by atoms with Gasteiger partial charge < -0.3 is 5.11 Å². The van der Waals surface area contributed by atoms with Gasteiger partial charge in [0.15, 0.2) is 0 Å². The largest absolute Gasteiger partial charge is 0.393 e. The van der Waals surface area contributed by atoms with E-state index in [4.69, 9.17) is 0 Å². The minimum Gasteiger partial charge on any atom is -0.393 e. The highest BCUT2D eigenvalue weighted by atomic mass is 19.4. The molecule has 3 aliphatic rings. The van der Waals surface area contributed by atoms with Gasteiger partial charge in [-0.15, -0.1) is 0 Å². The lowest BCUT2D eigenvalue weighted by Crippen LogP contribution is -2.53. The van der Waals surface area contributed by atoms with Crippen molar-refractivity contribution in [2.24, 2.45) is 11.3 Å². The van der Waals surface area contributed by atoms with Crippen molar-refractivity contribution in [3.8, 4) is 0 Å². The predicted octanol–water partition coefficient (Wildman–Crippen LogP) is 2.95. The Hall–Kier alpha value is -0.290. The van der Waals surface area contributed by atoms with Crippen molar-refractivity contribution in [3.63, 3.8) is 0 Å². The molecule has 1 heterocycles. The van der Waals surface area contributed by atoms with Crippen LogP contribution in [-0.2, 0) is 0 Å². The van der Waals surface area contributed by atoms with Gasteiger partial charge in [0.25, 0.3) is 0 Å². The molecule has 2 saturated carbocycles. The first kappa shape index (κ1) is 13.7. The molecule has 2 nitrogen and oxygen atoms in total. The Bertz CT molecular complexity index is 330. The lowest BCUT2D eigenvalue weighted by molar-refractivity contribution is -0.206. The molecule has 1 spiro atoms. The average molecular weight is 277 g/mol. The zero-order chi connectivity index (χ0) is 13.7. The molecular weight excluding hydrogens is 255 g/mol. The van der Waals surface area contributed by atoms with Gasteiger partial charge >= 0.3 is 6.18 Å². The van der Waals surface area contributed by atoms with E-state index in [2.05, 4.69) is 0 Å². The Morgan fingerprint density at radius 2 is 1.63 bits per heavy atom. The summed E-state index contributed by atoms with van der Waals surface area (Å²) in [6.07, 6.45) is 0.592. The number of rotatable bonds is 1. The molecule has 0 aromatic heterocycles. The number of likely N-dealkylation sites (tertiary alicyclic amines) is 1. The van der Waals surface area contributed by atoms with E-state index in [1.807, 2.05) is 4.90 Å². The van der Waals surface area contributed by atoms with Crippen LogP contribution < -0.4 is 0 Å². The minimum absolute atomic E-state index is 0.0803. The molecular formula is C14H22F3NO. The summed E-state index contributed by atoms with van der Waals surface area (Å²) in [6, 6.07) is -0.500. The van der Waals surface area contributed by atoms with E-state index in [1.165, 1.54) is 12.8 Å². The summed E-state index contributed by atoms with van der Waals surface area (Å²) in [6.45, 7) is 1.56. The van der Waals surface area contributed by atoms with Crippen LogP contribution in [0.25, 0.3) is 0 Å². The fraction of sp³-hybridized carbons (Fsp3) is 1.00. The van der Waals surface area contributed by atoms with Crippen LogP contribution in [0, 0.1) is 11.3 Å². The standard InChI is InChI=1S/C14H22F3NO/c15-14(16,17)11-2-1-10(19)9-12(11)18-7-5-13(3-4-13)6-8-18/h10-12,19H,1-9H2. The molecule has 0 amide bonds. The van der Waals surface area contributed by atoms with Crippen LogP contribution in [-0.4, -0.2) is 41.4 Å². The zero-order valence-corrected chi connectivity index (χ0v) is 11.1. The van der Waals surface area contributed by atoms with Crippen molar-refractivity contribution in [2.75, 3.05) is 13.1 Å². The van der Waals surface area contributed by atoms with Gasteiger partial charge in [0.1, 0.15) is 0 Å². The van der Waals surface area contributed by atoms with E-state index in [0.717, 1.165) is 25.9 Å². The summed E-state index contributed by atoms with van der Waals surface area (Å²) in [5, 5.41) is 9.71. The predicted molar refractivity (Wildman–Crippen MR) is 65.7 cm³/mol. The Labute approximate surface area is 112 Å². The van der Waals surface area contributed by atoms with E-state index in [0.29, 0.717) is 11.8 Å². The third-order valence-corrected chi connectivity index (χ3v) is 5.49. The number of aliphatic hydroxyl groups is 1. The molecule has 0 bridgehead atoms. The highest BCUT2D eigenvalue weighted by Gasteiger charge is 2.51. The first-order valence-electron chi connectivity index (χ1n) is 7.39. The minimum atomic E-state index is -4.13. The van der Waals surface area contributed by atoms with Crippen LogP contribution in [0.2, 0.25) is 0 Å². The molecule has 19 heavy (non-hydrogen) atoms. The number of hydrogen-bond donors (Lipinski definition) is 1. The molecule has 1 aliphatic heterocycles. The van der Waals surface area contributed by atoms with Crippen LogP contribution in [0.4, 0.5) is 13.2 Å². The molecule has 2 aliphatic carbocycles. The zero-order valence-electron chi connectivity index (χ0n) is 11.1. The molecule has 1 saturated heterocycles. The summed E-state index contributed by atoms with van der Waals surface area (Å²) in [5.74, 6) is -1.25. The Morgan fingerprint density at radius 1 is 1.00 bits per heavy atom.